The molecule has 116 valence electrons. The summed E-state index contributed by atoms with van der Waals surface area (Å²) in [5.74, 6) is 1.58. The van der Waals surface area contributed by atoms with E-state index in [-0.39, 0.29) is 0 Å². The predicted octanol–water partition coefficient (Wildman–Crippen LogP) is 0.00760. The molecule has 0 radical (unpaired) electrons. The molecule has 1 aliphatic carbocycles. The number of anilines is 2. The fourth-order valence-corrected chi connectivity index (χ4v) is 2.86. The average molecular weight is 292 g/mol. The van der Waals surface area contributed by atoms with Crippen molar-refractivity contribution in [3.63, 3.8) is 0 Å². The lowest BCUT2D eigenvalue weighted by Gasteiger charge is -2.32. The van der Waals surface area contributed by atoms with Crippen LogP contribution in [0.25, 0.3) is 0 Å². The second-order valence-electron chi connectivity index (χ2n) is 5.85. The van der Waals surface area contributed by atoms with E-state index in [4.69, 9.17) is 16.2 Å². The summed E-state index contributed by atoms with van der Waals surface area (Å²) in [5, 5.41) is 3.34. The van der Waals surface area contributed by atoms with Crippen molar-refractivity contribution in [2.45, 2.75) is 24.8 Å². The zero-order valence-electron chi connectivity index (χ0n) is 12.3. The predicted molar refractivity (Wildman–Crippen MR) is 82.1 cm³/mol. The molecule has 1 aromatic rings. The van der Waals surface area contributed by atoms with Crippen molar-refractivity contribution >= 4 is 11.8 Å². The van der Waals surface area contributed by atoms with Crippen molar-refractivity contribution in [3.05, 3.63) is 11.8 Å². The molecule has 21 heavy (non-hydrogen) atoms. The van der Waals surface area contributed by atoms with Crippen LogP contribution in [0.5, 0.6) is 0 Å². The molecule has 5 N–H and O–H groups in total. The van der Waals surface area contributed by atoms with E-state index in [0.717, 1.165) is 63.7 Å². The third-order valence-electron chi connectivity index (χ3n) is 4.19. The summed E-state index contributed by atoms with van der Waals surface area (Å²) < 4.78 is 5.34. The fraction of sp³-hybridized carbons (Fsp3) is 0.714. The Morgan fingerprint density at radius 2 is 2.05 bits per heavy atom. The molecule has 7 nitrogen and oxygen atoms in total. The summed E-state index contributed by atoms with van der Waals surface area (Å²) in [6, 6.07) is 2.32. The van der Waals surface area contributed by atoms with Crippen LogP contribution < -0.4 is 16.8 Å². The maximum atomic E-state index is 5.84. The van der Waals surface area contributed by atoms with Crippen LogP contribution in [-0.2, 0) is 4.74 Å². The number of nitrogen functional groups attached to an aromatic ring is 1. The van der Waals surface area contributed by atoms with Gasteiger partial charge in [-0.05, 0) is 12.8 Å². The molecule has 0 spiro atoms. The molecule has 1 saturated carbocycles. The van der Waals surface area contributed by atoms with Gasteiger partial charge in [-0.25, -0.2) is 4.98 Å². The van der Waals surface area contributed by atoms with Crippen LogP contribution in [0.1, 0.15) is 24.5 Å². The van der Waals surface area contributed by atoms with Gasteiger partial charge in [0.15, 0.2) is 0 Å². The van der Waals surface area contributed by atoms with E-state index >= 15 is 0 Å². The second-order valence-corrected chi connectivity index (χ2v) is 5.85. The highest BCUT2D eigenvalue weighted by molar-refractivity contribution is 5.42. The van der Waals surface area contributed by atoms with Crippen molar-refractivity contribution in [3.8, 4) is 0 Å². The molecule has 2 aliphatic rings. The third-order valence-corrected chi connectivity index (χ3v) is 4.19. The van der Waals surface area contributed by atoms with Gasteiger partial charge in [0, 0.05) is 44.2 Å². The number of morpholine rings is 1. The lowest BCUT2D eigenvalue weighted by Crippen LogP contribution is -2.39. The van der Waals surface area contributed by atoms with E-state index in [9.17, 15) is 0 Å². The maximum Gasteiger partial charge on any atom is 0.222 e. The lowest BCUT2D eigenvalue weighted by atomic mass is 9.78. The molecule has 2 heterocycles. The zero-order chi connectivity index (χ0) is 14.7. The first-order chi connectivity index (χ1) is 10.2. The molecule has 0 bridgehead atoms. The molecule has 2 fully saturated rings. The molecule has 0 aromatic carbocycles. The zero-order valence-corrected chi connectivity index (χ0v) is 12.3. The Kier molecular flexibility index (Phi) is 4.52. The molecule has 7 heteroatoms. The summed E-state index contributed by atoms with van der Waals surface area (Å²) in [4.78, 5) is 11.0. The summed E-state index contributed by atoms with van der Waals surface area (Å²) in [6.07, 6.45) is 1.98. The Bertz CT molecular complexity index is 471. The van der Waals surface area contributed by atoms with Gasteiger partial charge in [-0.2, -0.15) is 4.98 Å². The van der Waals surface area contributed by atoms with E-state index in [1.807, 2.05) is 6.07 Å². The molecule has 0 amide bonds. The largest absolute Gasteiger partial charge is 0.379 e. The quantitative estimate of drug-likeness (QED) is 0.702. The molecule has 1 aliphatic heterocycles. The highest BCUT2D eigenvalue weighted by Crippen LogP contribution is 2.35. The number of hydrogen-bond donors (Lipinski definition) is 3. The van der Waals surface area contributed by atoms with E-state index in [1.165, 1.54) is 0 Å². The Balaban J connectivity index is 1.52. The number of ether oxygens (including phenoxy) is 1. The molecular formula is C14H24N6O. The number of rotatable bonds is 5. The van der Waals surface area contributed by atoms with Crippen LogP contribution in [0.3, 0.4) is 0 Å². The maximum absolute atomic E-state index is 5.84. The number of nitrogens with one attached hydrogen (secondary N) is 1. The number of hydrogen-bond acceptors (Lipinski definition) is 7. The Morgan fingerprint density at radius 3 is 2.76 bits per heavy atom. The second kappa shape index (κ2) is 6.55. The fourth-order valence-electron chi connectivity index (χ4n) is 2.86. The van der Waals surface area contributed by atoms with Crippen LogP contribution in [0.15, 0.2) is 6.07 Å². The molecule has 3 rings (SSSR count). The van der Waals surface area contributed by atoms with Crippen LogP contribution in [0.2, 0.25) is 0 Å². The molecular weight excluding hydrogens is 268 g/mol. The van der Waals surface area contributed by atoms with Gasteiger partial charge in [0.05, 0.1) is 18.9 Å². The first-order valence-electron chi connectivity index (χ1n) is 7.65. The van der Waals surface area contributed by atoms with Gasteiger partial charge in [-0.3, -0.25) is 4.90 Å². The number of aromatic nitrogens is 2. The smallest absolute Gasteiger partial charge is 0.222 e. The van der Waals surface area contributed by atoms with Crippen LogP contribution >= 0.6 is 0 Å². The van der Waals surface area contributed by atoms with Gasteiger partial charge in [0.1, 0.15) is 5.82 Å². The normalized spacial score (nSPS) is 26.3. The first kappa shape index (κ1) is 14.5. The van der Waals surface area contributed by atoms with Crippen LogP contribution in [0.4, 0.5) is 11.8 Å². The van der Waals surface area contributed by atoms with Crippen molar-refractivity contribution in [2.24, 2.45) is 5.73 Å². The molecule has 1 aromatic heterocycles. The number of nitrogens with zero attached hydrogens (tertiary/aromatic N) is 3. The average Bonchev–Trinajstić information content (AvgIpc) is 2.44. The standard InChI is InChI=1S/C14H24N6O/c15-11-7-10(8-11)12-9-13(19-14(16)18-12)17-1-2-20-3-5-21-6-4-20/h9-11H,1-8,15H2,(H3,16,17,18,19). The van der Waals surface area contributed by atoms with Gasteiger partial charge < -0.3 is 21.5 Å². The van der Waals surface area contributed by atoms with Crippen molar-refractivity contribution in [2.75, 3.05) is 50.4 Å². The van der Waals surface area contributed by atoms with Gasteiger partial charge in [0.2, 0.25) is 5.95 Å². The molecule has 1 saturated heterocycles. The lowest BCUT2D eigenvalue weighted by molar-refractivity contribution is 0.0398. The molecule has 0 atom stereocenters. The van der Waals surface area contributed by atoms with Crippen LogP contribution in [-0.4, -0.2) is 60.3 Å². The Labute approximate surface area is 125 Å². The Morgan fingerprint density at radius 1 is 1.29 bits per heavy atom. The van der Waals surface area contributed by atoms with Crippen molar-refractivity contribution < 1.29 is 4.74 Å². The minimum Gasteiger partial charge on any atom is -0.379 e. The van der Waals surface area contributed by atoms with Gasteiger partial charge >= 0.3 is 0 Å². The van der Waals surface area contributed by atoms with E-state index < -0.39 is 0 Å². The Hall–Kier alpha value is -1.44. The minimum atomic E-state index is 0.309. The van der Waals surface area contributed by atoms with Gasteiger partial charge in [-0.15, -0.1) is 0 Å². The van der Waals surface area contributed by atoms with E-state index in [0.29, 0.717) is 17.9 Å². The van der Waals surface area contributed by atoms with Crippen LogP contribution in [0, 0.1) is 0 Å². The summed E-state index contributed by atoms with van der Waals surface area (Å²) in [7, 11) is 0. The van der Waals surface area contributed by atoms with Gasteiger partial charge in [-0.1, -0.05) is 0 Å². The van der Waals surface area contributed by atoms with Crippen molar-refractivity contribution in [1.82, 2.24) is 14.9 Å². The monoisotopic (exact) mass is 292 g/mol. The van der Waals surface area contributed by atoms with Crippen molar-refractivity contribution in [1.29, 1.82) is 0 Å². The minimum absolute atomic E-state index is 0.309. The summed E-state index contributed by atoms with van der Waals surface area (Å²) in [5.41, 5.74) is 12.7. The summed E-state index contributed by atoms with van der Waals surface area (Å²) >= 11 is 0. The van der Waals surface area contributed by atoms with E-state index in [2.05, 4.69) is 20.2 Å². The highest BCUT2D eigenvalue weighted by atomic mass is 16.5. The van der Waals surface area contributed by atoms with Gasteiger partial charge in [0.25, 0.3) is 0 Å². The topological polar surface area (TPSA) is 102 Å². The number of nitrogens with two attached hydrogens (primary N) is 2. The molecule has 0 unspecified atom stereocenters. The first-order valence-corrected chi connectivity index (χ1v) is 7.65. The van der Waals surface area contributed by atoms with E-state index in [1.54, 1.807) is 0 Å². The third kappa shape index (κ3) is 3.81. The summed E-state index contributed by atoms with van der Waals surface area (Å²) in [6.45, 7) is 5.48. The SMILES string of the molecule is Nc1nc(NCCN2CCOCC2)cc(C2CC(N)C2)n1. The highest BCUT2D eigenvalue weighted by Gasteiger charge is 2.29.